The van der Waals surface area contributed by atoms with Gasteiger partial charge < -0.3 is 9.30 Å². The average molecular weight is 460 g/mol. The second kappa shape index (κ2) is 7.34. The maximum Gasteiger partial charge on any atom is 0.135 e. The second-order valence-electron chi connectivity index (χ2n) is 9.36. The van der Waals surface area contributed by atoms with E-state index in [-0.39, 0.29) is 0 Å². The predicted octanol–water partition coefficient (Wildman–Crippen LogP) is 9.38. The smallest absolute Gasteiger partial charge is 0.135 e. The fourth-order valence-electron chi connectivity index (χ4n) is 5.83. The minimum Gasteiger partial charge on any atom is -0.456 e. The molecule has 0 atom stereocenters. The van der Waals surface area contributed by atoms with E-state index in [0.29, 0.717) is 0 Å². The quantitative estimate of drug-likeness (QED) is 0.251. The monoisotopic (exact) mass is 459 g/mol. The molecule has 0 radical (unpaired) electrons. The molecule has 0 spiro atoms. The van der Waals surface area contributed by atoms with Gasteiger partial charge >= 0.3 is 0 Å². The largest absolute Gasteiger partial charge is 0.456 e. The van der Waals surface area contributed by atoms with E-state index in [0.717, 1.165) is 22.7 Å². The molecule has 0 N–H and O–H groups in total. The summed E-state index contributed by atoms with van der Waals surface area (Å²) in [5.41, 5.74) is 8.35. The van der Waals surface area contributed by atoms with Gasteiger partial charge in [0.15, 0.2) is 0 Å². The minimum atomic E-state index is 0.903. The maximum absolute atomic E-state index is 6.36. The van der Waals surface area contributed by atoms with E-state index < -0.39 is 0 Å². The molecule has 0 fully saturated rings. The number of fused-ring (bicyclic) bond motifs is 5. The van der Waals surface area contributed by atoms with Crippen LogP contribution in [-0.2, 0) is 0 Å². The van der Waals surface area contributed by atoms with Gasteiger partial charge in [0.25, 0.3) is 0 Å². The third-order valence-electron chi connectivity index (χ3n) is 7.38. The zero-order valence-corrected chi connectivity index (χ0v) is 19.5. The minimum absolute atomic E-state index is 0.903. The SMILES string of the molecule is c1ccc(-n2c3ccccc3c3cccc(-c4ccc5c(c4)-c4cccc6cccc(c46)O5)c32)cc1. The standard InChI is InChI=1S/C34H21NO/c1-2-11-24(12-3-1)35-30-17-5-4-13-26(30)28-16-8-14-25(34(28)35)23-19-20-31-29(21-23)27-15-6-9-22-10-7-18-32(36-31)33(22)27/h1-21H. The molecule has 0 amide bonds. The molecule has 0 bridgehead atoms. The summed E-state index contributed by atoms with van der Waals surface area (Å²) in [6.45, 7) is 0. The predicted molar refractivity (Wildman–Crippen MR) is 149 cm³/mol. The molecule has 7 aromatic rings. The Balaban J connectivity index is 1.44. The summed E-state index contributed by atoms with van der Waals surface area (Å²) in [5.74, 6) is 1.83. The van der Waals surface area contributed by atoms with Gasteiger partial charge in [-0.05, 0) is 52.9 Å². The van der Waals surface area contributed by atoms with E-state index in [1.165, 1.54) is 49.3 Å². The van der Waals surface area contributed by atoms with Gasteiger partial charge in [-0.15, -0.1) is 0 Å². The first kappa shape index (κ1) is 19.5. The van der Waals surface area contributed by atoms with Crippen LogP contribution in [0.3, 0.4) is 0 Å². The van der Waals surface area contributed by atoms with Crippen LogP contribution < -0.4 is 4.74 Å². The number of benzene rings is 6. The third-order valence-corrected chi connectivity index (χ3v) is 7.38. The van der Waals surface area contributed by atoms with Crippen molar-refractivity contribution in [1.29, 1.82) is 0 Å². The van der Waals surface area contributed by atoms with Crippen LogP contribution in [0.25, 0.3) is 60.5 Å². The molecule has 8 rings (SSSR count). The van der Waals surface area contributed by atoms with Gasteiger partial charge in [0.05, 0.1) is 11.0 Å². The molecule has 168 valence electrons. The van der Waals surface area contributed by atoms with Crippen molar-refractivity contribution in [2.24, 2.45) is 0 Å². The van der Waals surface area contributed by atoms with Crippen molar-refractivity contribution in [3.8, 4) is 39.4 Å². The highest BCUT2D eigenvalue weighted by Gasteiger charge is 2.22. The summed E-state index contributed by atoms with van der Waals surface area (Å²) >= 11 is 0. The van der Waals surface area contributed by atoms with Crippen LogP contribution in [0, 0.1) is 0 Å². The first-order valence-electron chi connectivity index (χ1n) is 12.3. The number of hydrogen-bond acceptors (Lipinski definition) is 1. The Bertz CT molecular complexity index is 1960. The fraction of sp³-hybridized carbons (Fsp3) is 0. The highest BCUT2D eigenvalue weighted by Crippen LogP contribution is 2.48. The lowest BCUT2D eigenvalue weighted by molar-refractivity contribution is 0.487. The van der Waals surface area contributed by atoms with Crippen molar-refractivity contribution in [3.05, 3.63) is 127 Å². The molecule has 0 saturated heterocycles. The molecular weight excluding hydrogens is 438 g/mol. The molecule has 0 aliphatic carbocycles. The van der Waals surface area contributed by atoms with E-state index in [4.69, 9.17) is 4.74 Å². The average Bonchev–Trinajstić information content (AvgIpc) is 3.28. The Morgan fingerprint density at radius 2 is 1.25 bits per heavy atom. The van der Waals surface area contributed by atoms with Crippen LogP contribution in [0.4, 0.5) is 0 Å². The second-order valence-corrected chi connectivity index (χ2v) is 9.36. The molecule has 0 unspecified atom stereocenters. The fourth-order valence-corrected chi connectivity index (χ4v) is 5.83. The van der Waals surface area contributed by atoms with E-state index in [9.17, 15) is 0 Å². The topological polar surface area (TPSA) is 14.2 Å². The lowest BCUT2D eigenvalue weighted by Crippen LogP contribution is -1.98. The van der Waals surface area contributed by atoms with Crippen LogP contribution in [-0.4, -0.2) is 4.57 Å². The first-order valence-corrected chi connectivity index (χ1v) is 12.3. The van der Waals surface area contributed by atoms with E-state index in [2.05, 4.69) is 132 Å². The summed E-state index contributed by atoms with van der Waals surface area (Å²) in [6, 6.07) is 45.3. The summed E-state index contributed by atoms with van der Waals surface area (Å²) < 4.78 is 8.76. The number of hydrogen-bond donors (Lipinski definition) is 0. The molecule has 2 nitrogen and oxygen atoms in total. The lowest BCUT2D eigenvalue weighted by Gasteiger charge is -2.22. The number of rotatable bonds is 2. The normalized spacial score (nSPS) is 12.1. The first-order chi connectivity index (χ1) is 17.9. The molecule has 6 aromatic carbocycles. The van der Waals surface area contributed by atoms with Gasteiger partial charge in [0.1, 0.15) is 11.5 Å². The number of aromatic nitrogens is 1. The highest BCUT2D eigenvalue weighted by molar-refractivity contribution is 6.14. The number of nitrogens with zero attached hydrogens (tertiary/aromatic N) is 1. The van der Waals surface area contributed by atoms with Crippen molar-refractivity contribution in [3.63, 3.8) is 0 Å². The van der Waals surface area contributed by atoms with Gasteiger partial charge in [-0.1, -0.05) is 91.0 Å². The molecule has 2 heterocycles. The van der Waals surface area contributed by atoms with Gasteiger partial charge in [0, 0.05) is 33.0 Å². The van der Waals surface area contributed by atoms with Crippen molar-refractivity contribution < 1.29 is 4.74 Å². The summed E-state index contributed by atoms with van der Waals surface area (Å²) in [7, 11) is 0. The Morgan fingerprint density at radius 1 is 0.500 bits per heavy atom. The number of para-hydroxylation sites is 3. The molecule has 2 heteroatoms. The Kier molecular flexibility index (Phi) is 3.97. The molecule has 1 aromatic heterocycles. The Morgan fingerprint density at radius 3 is 2.17 bits per heavy atom. The Labute approximate surface area is 208 Å². The van der Waals surface area contributed by atoms with Crippen LogP contribution in [0.15, 0.2) is 127 Å². The van der Waals surface area contributed by atoms with Crippen molar-refractivity contribution in [2.75, 3.05) is 0 Å². The van der Waals surface area contributed by atoms with Gasteiger partial charge in [-0.3, -0.25) is 0 Å². The van der Waals surface area contributed by atoms with Crippen LogP contribution in [0.5, 0.6) is 11.5 Å². The molecule has 1 aliphatic heterocycles. The Hall–Kier alpha value is -4.82. The zero-order chi connectivity index (χ0) is 23.6. The van der Waals surface area contributed by atoms with Crippen molar-refractivity contribution >= 4 is 32.6 Å². The van der Waals surface area contributed by atoms with Gasteiger partial charge in [0.2, 0.25) is 0 Å². The summed E-state index contributed by atoms with van der Waals surface area (Å²) in [4.78, 5) is 0. The summed E-state index contributed by atoms with van der Waals surface area (Å²) in [5, 5.41) is 4.90. The van der Waals surface area contributed by atoms with Gasteiger partial charge in [-0.2, -0.15) is 0 Å². The van der Waals surface area contributed by atoms with Crippen LogP contribution in [0.1, 0.15) is 0 Å². The van der Waals surface area contributed by atoms with Gasteiger partial charge in [-0.25, -0.2) is 0 Å². The molecular formula is C34H21NO. The number of ether oxygens (including phenoxy) is 1. The van der Waals surface area contributed by atoms with Crippen molar-refractivity contribution in [1.82, 2.24) is 4.57 Å². The van der Waals surface area contributed by atoms with E-state index in [1.807, 2.05) is 0 Å². The zero-order valence-electron chi connectivity index (χ0n) is 19.5. The van der Waals surface area contributed by atoms with E-state index >= 15 is 0 Å². The van der Waals surface area contributed by atoms with Crippen molar-refractivity contribution in [2.45, 2.75) is 0 Å². The van der Waals surface area contributed by atoms with E-state index in [1.54, 1.807) is 0 Å². The molecule has 0 saturated carbocycles. The lowest BCUT2D eigenvalue weighted by atomic mass is 9.92. The third kappa shape index (κ3) is 2.67. The summed E-state index contributed by atoms with van der Waals surface area (Å²) in [6.07, 6.45) is 0. The van der Waals surface area contributed by atoms with Crippen LogP contribution in [0.2, 0.25) is 0 Å². The maximum atomic E-state index is 6.36. The molecule has 1 aliphatic rings. The highest BCUT2D eigenvalue weighted by atomic mass is 16.5. The van der Waals surface area contributed by atoms with Crippen LogP contribution >= 0.6 is 0 Å². The molecule has 36 heavy (non-hydrogen) atoms.